The molecule has 31 heavy (non-hydrogen) atoms. The molecule has 1 aliphatic carbocycles. The number of carbonyl (C=O) groups is 1. The van der Waals surface area contributed by atoms with Crippen LogP contribution in [-0.2, 0) is 21.2 Å². The number of nitrogens with zero attached hydrogens (tertiary/aromatic N) is 1. The highest BCUT2D eigenvalue weighted by atomic mass is 32.2. The lowest BCUT2D eigenvalue weighted by Gasteiger charge is -2.30. The van der Waals surface area contributed by atoms with E-state index < -0.39 is 10.0 Å². The van der Waals surface area contributed by atoms with E-state index in [0.29, 0.717) is 5.69 Å². The minimum absolute atomic E-state index is 0.0122. The summed E-state index contributed by atoms with van der Waals surface area (Å²) in [7, 11) is -2.05. The third kappa shape index (κ3) is 4.65. The van der Waals surface area contributed by atoms with Crippen molar-refractivity contribution in [2.24, 2.45) is 0 Å². The van der Waals surface area contributed by atoms with Crippen molar-refractivity contribution >= 4 is 32.4 Å². The Bertz CT molecular complexity index is 1180. The van der Waals surface area contributed by atoms with E-state index in [2.05, 4.69) is 5.32 Å². The van der Waals surface area contributed by atoms with Gasteiger partial charge in [-0.1, -0.05) is 73.9 Å². The summed E-state index contributed by atoms with van der Waals surface area (Å²) in [5, 5.41) is 4.94. The number of nitrogens with one attached hydrogen (secondary N) is 1. The van der Waals surface area contributed by atoms with Gasteiger partial charge >= 0.3 is 0 Å². The Kier molecular flexibility index (Phi) is 6.39. The standard InChI is InChI=1S/C25H28N2O3S/c1-27(21-13-3-2-4-14-21)31(29,30)24-17-8-7-16-23(24)26-25(28)18-20-12-9-11-19-10-5-6-15-22(19)20/h5-12,15-17,21H,2-4,13-14,18H2,1H3,(H,26,28). The molecule has 1 saturated carbocycles. The first-order valence-corrected chi connectivity index (χ1v) is 12.2. The molecule has 1 aliphatic rings. The van der Waals surface area contributed by atoms with Crippen LogP contribution in [0.25, 0.3) is 10.8 Å². The Labute approximate surface area is 184 Å². The molecule has 0 saturated heterocycles. The predicted octanol–water partition coefficient (Wildman–Crippen LogP) is 4.97. The van der Waals surface area contributed by atoms with E-state index in [4.69, 9.17) is 0 Å². The molecule has 0 radical (unpaired) electrons. The maximum Gasteiger partial charge on any atom is 0.245 e. The van der Waals surface area contributed by atoms with Gasteiger partial charge in [-0.2, -0.15) is 4.31 Å². The zero-order valence-corrected chi connectivity index (χ0v) is 18.6. The molecule has 0 bridgehead atoms. The minimum Gasteiger partial charge on any atom is -0.325 e. The molecule has 0 atom stereocenters. The Hall–Kier alpha value is -2.70. The van der Waals surface area contributed by atoms with Crippen LogP contribution in [0.3, 0.4) is 0 Å². The number of para-hydroxylation sites is 1. The number of benzene rings is 3. The maximum atomic E-state index is 13.3. The Morgan fingerprint density at radius 2 is 1.61 bits per heavy atom. The van der Waals surface area contributed by atoms with Gasteiger partial charge in [0.25, 0.3) is 0 Å². The molecule has 4 rings (SSSR count). The summed E-state index contributed by atoms with van der Waals surface area (Å²) < 4.78 is 28.2. The van der Waals surface area contributed by atoms with Gasteiger partial charge in [0.2, 0.25) is 15.9 Å². The smallest absolute Gasteiger partial charge is 0.245 e. The van der Waals surface area contributed by atoms with Crippen LogP contribution >= 0.6 is 0 Å². The number of sulfonamides is 1. The molecule has 6 heteroatoms. The lowest BCUT2D eigenvalue weighted by molar-refractivity contribution is -0.115. The van der Waals surface area contributed by atoms with Crippen molar-refractivity contribution in [1.29, 1.82) is 0 Å². The van der Waals surface area contributed by atoms with Gasteiger partial charge in [0.05, 0.1) is 12.1 Å². The van der Waals surface area contributed by atoms with Gasteiger partial charge in [-0.25, -0.2) is 8.42 Å². The van der Waals surface area contributed by atoms with E-state index >= 15 is 0 Å². The van der Waals surface area contributed by atoms with E-state index in [1.54, 1.807) is 31.3 Å². The average molecular weight is 437 g/mol. The number of hydrogen-bond donors (Lipinski definition) is 1. The number of hydrogen-bond acceptors (Lipinski definition) is 3. The van der Waals surface area contributed by atoms with Crippen molar-refractivity contribution in [1.82, 2.24) is 4.31 Å². The van der Waals surface area contributed by atoms with E-state index in [1.807, 2.05) is 42.5 Å². The Morgan fingerprint density at radius 3 is 2.42 bits per heavy atom. The molecule has 1 fully saturated rings. The third-order valence-corrected chi connectivity index (χ3v) is 8.11. The normalized spacial score (nSPS) is 15.3. The molecule has 0 aliphatic heterocycles. The summed E-state index contributed by atoms with van der Waals surface area (Å²) in [5.74, 6) is -0.237. The van der Waals surface area contributed by atoms with Crippen LogP contribution < -0.4 is 5.32 Å². The molecule has 3 aromatic carbocycles. The van der Waals surface area contributed by atoms with Crippen molar-refractivity contribution in [2.45, 2.75) is 49.5 Å². The SMILES string of the molecule is CN(C1CCCCC1)S(=O)(=O)c1ccccc1NC(=O)Cc1cccc2ccccc12. The number of carbonyl (C=O) groups excluding carboxylic acids is 1. The van der Waals surface area contributed by atoms with Crippen LogP contribution in [0.2, 0.25) is 0 Å². The summed E-state index contributed by atoms with van der Waals surface area (Å²) in [4.78, 5) is 13.0. The van der Waals surface area contributed by atoms with Gasteiger partial charge in [-0.05, 0) is 41.3 Å². The highest BCUT2D eigenvalue weighted by Gasteiger charge is 2.31. The van der Waals surface area contributed by atoms with Crippen molar-refractivity contribution in [3.05, 3.63) is 72.3 Å². The van der Waals surface area contributed by atoms with Crippen LogP contribution in [0.5, 0.6) is 0 Å². The molecule has 0 aromatic heterocycles. The number of amides is 1. The summed E-state index contributed by atoms with van der Waals surface area (Å²) in [6, 6.07) is 20.5. The zero-order valence-electron chi connectivity index (χ0n) is 17.8. The molecule has 3 aromatic rings. The number of fused-ring (bicyclic) bond motifs is 1. The highest BCUT2D eigenvalue weighted by Crippen LogP contribution is 2.30. The third-order valence-electron chi connectivity index (χ3n) is 6.14. The van der Waals surface area contributed by atoms with E-state index in [0.717, 1.165) is 48.4 Å². The van der Waals surface area contributed by atoms with E-state index in [9.17, 15) is 13.2 Å². The van der Waals surface area contributed by atoms with Crippen molar-refractivity contribution in [2.75, 3.05) is 12.4 Å². The number of rotatable bonds is 6. The molecule has 0 spiro atoms. The van der Waals surface area contributed by atoms with Crippen molar-refractivity contribution < 1.29 is 13.2 Å². The van der Waals surface area contributed by atoms with E-state index in [1.165, 1.54) is 4.31 Å². The average Bonchev–Trinajstić information content (AvgIpc) is 2.79. The zero-order chi connectivity index (χ0) is 21.8. The fraction of sp³-hybridized carbons (Fsp3) is 0.320. The van der Waals surface area contributed by atoms with Crippen LogP contribution in [0.1, 0.15) is 37.7 Å². The Morgan fingerprint density at radius 1 is 0.935 bits per heavy atom. The molecule has 162 valence electrons. The van der Waals surface area contributed by atoms with Crippen LogP contribution in [-0.4, -0.2) is 31.7 Å². The van der Waals surface area contributed by atoms with Crippen LogP contribution in [0.15, 0.2) is 71.6 Å². The quantitative estimate of drug-likeness (QED) is 0.593. The van der Waals surface area contributed by atoms with Crippen LogP contribution in [0.4, 0.5) is 5.69 Å². The summed E-state index contributed by atoms with van der Waals surface area (Å²) in [5.41, 5.74) is 1.24. The fourth-order valence-corrected chi connectivity index (χ4v) is 5.97. The van der Waals surface area contributed by atoms with Gasteiger partial charge in [0.15, 0.2) is 0 Å². The highest BCUT2D eigenvalue weighted by molar-refractivity contribution is 7.89. The molecular weight excluding hydrogens is 408 g/mol. The monoisotopic (exact) mass is 436 g/mol. The maximum absolute atomic E-state index is 13.3. The van der Waals surface area contributed by atoms with Gasteiger partial charge in [0, 0.05) is 13.1 Å². The summed E-state index contributed by atoms with van der Waals surface area (Å²) in [6.07, 6.45) is 5.19. The van der Waals surface area contributed by atoms with E-state index in [-0.39, 0.29) is 23.3 Å². The van der Waals surface area contributed by atoms with Gasteiger partial charge in [0.1, 0.15) is 4.90 Å². The molecule has 1 N–H and O–H groups in total. The molecule has 0 heterocycles. The molecular formula is C25H28N2O3S. The molecule has 1 amide bonds. The second-order valence-corrected chi connectivity index (χ2v) is 10.1. The van der Waals surface area contributed by atoms with Gasteiger partial charge in [-0.3, -0.25) is 4.79 Å². The fourth-order valence-electron chi connectivity index (χ4n) is 4.40. The van der Waals surface area contributed by atoms with Crippen molar-refractivity contribution in [3.8, 4) is 0 Å². The summed E-state index contributed by atoms with van der Waals surface area (Å²) >= 11 is 0. The lowest BCUT2D eigenvalue weighted by atomic mass is 9.96. The predicted molar refractivity (Wildman–Crippen MR) is 125 cm³/mol. The first-order valence-electron chi connectivity index (χ1n) is 10.8. The number of anilines is 1. The second-order valence-electron chi connectivity index (χ2n) is 8.17. The second kappa shape index (κ2) is 9.20. The molecule has 0 unspecified atom stereocenters. The first-order chi connectivity index (χ1) is 15.0. The van der Waals surface area contributed by atoms with Crippen molar-refractivity contribution in [3.63, 3.8) is 0 Å². The van der Waals surface area contributed by atoms with Gasteiger partial charge < -0.3 is 5.32 Å². The summed E-state index contributed by atoms with van der Waals surface area (Å²) in [6.45, 7) is 0. The topological polar surface area (TPSA) is 66.5 Å². The lowest BCUT2D eigenvalue weighted by Crippen LogP contribution is -2.38. The Balaban J connectivity index is 1.56. The molecule has 5 nitrogen and oxygen atoms in total. The largest absolute Gasteiger partial charge is 0.325 e. The first kappa shape index (κ1) is 21.5. The minimum atomic E-state index is -3.70. The van der Waals surface area contributed by atoms with Gasteiger partial charge in [-0.15, -0.1) is 0 Å². The van der Waals surface area contributed by atoms with Crippen LogP contribution in [0, 0.1) is 0 Å².